The van der Waals surface area contributed by atoms with E-state index >= 15 is 0 Å². The van der Waals surface area contributed by atoms with Crippen LogP contribution in [-0.2, 0) is 17.6 Å². The van der Waals surface area contributed by atoms with Crippen LogP contribution in [0.25, 0.3) is 0 Å². The van der Waals surface area contributed by atoms with E-state index in [-0.39, 0.29) is 6.42 Å². The highest BCUT2D eigenvalue weighted by atomic mass is 32.2. The second-order valence-corrected chi connectivity index (χ2v) is 9.32. The van der Waals surface area contributed by atoms with Gasteiger partial charge >= 0.3 is 5.97 Å². The van der Waals surface area contributed by atoms with E-state index < -0.39 is 10.9 Å². The molecule has 0 unspecified atom stereocenters. The number of thioether (sulfide) groups is 1. The molecule has 0 aliphatic rings. The van der Waals surface area contributed by atoms with E-state index in [1.54, 1.807) is 0 Å². The van der Waals surface area contributed by atoms with Crippen LogP contribution in [0, 0.1) is 0 Å². The maximum absolute atomic E-state index is 11.2. The van der Waals surface area contributed by atoms with Crippen molar-refractivity contribution in [3.63, 3.8) is 0 Å². The highest BCUT2D eigenvalue weighted by Gasteiger charge is 2.28. The van der Waals surface area contributed by atoms with Crippen LogP contribution >= 0.6 is 11.8 Å². The Morgan fingerprint density at radius 2 is 1.54 bits per heavy atom. The number of unbranched alkanes of at least 4 members (excludes halogenated alkanes) is 7. The van der Waals surface area contributed by atoms with Crippen molar-refractivity contribution >= 4 is 17.7 Å². The molecule has 1 rings (SSSR count). The molecule has 0 fully saturated rings. The van der Waals surface area contributed by atoms with E-state index in [0.29, 0.717) is 18.6 Å². The van der Waals surface area contributed by atoms with Crippen LogP contribution in [0.4, 0.5) is 0 Å². The summed E-state index contributed by atoms with van der Waals surface area (Å²) in [5.74, 6) is -0.347. The largest absolute Gasteiger partial charge is 0.481 e. The van der Waals surface area contributed by atoms with Crippen LogP contribution in [0.5, 0.6) is 0 Å². The Balaban J connectivity index is 2.61. The van der Waals surface area contributed by atoms with E-state index in [4.69, 9.17) is 5.11 Å². The highest BCUT2D eigenvalue weighted by molar-refractivity contribution is 8.00. The molecule has 0 radical (unpaired) electrons. The minimum absolute atomic E-state index is 0.0960. The average Bonchev–Trinajstić information content (AvgIpc) is 2.66. The summed E-state index contributed by atoms with van der Waals surface area (Å²) < 4.78 is 0. The summed E-state index contributed by atoms with van der Waals surface area (Å²) in [6.07, 6.45) is 13.6. The zero-order chi connectivity index (χ0) is 20.7. The average molecular weight is 409 g/mol. The molecule has 28 heavy (non-hydrogen) atoms. The summed E-state index contributed by atoms with van der Waals surface area (Å²) >= 11 is 1.41. The normalized spacial score (nSPS) is 13.4. The lowest BCUT2D eigenvalue weighted by molar-refractivity contribution is -0.136. The van der Waals surface area contributed by atoms with Gasteiger partial charge in [0.25, 0.3) is 0 Å². The van der Waals surface area contributed by atoms with Crippen molar-refractivity contribution in [3.8, 4) is 0 Å². The van der Waals surface area contributed by atoms with Gasteiger partial charge < -0.3 is 10.2 Å². The minimum atomic E-state index is -0.873. The van der Waals surface area contributed by atoms with Gasteiger partial charge in [-0.15, -0.1) is 11.8 Å². The molecule has 4 heteroatoms. The van der Waals surface area contributed by atoms with Crippen molar-refractivity contribution in [3.05, 3.63) is 35.4 Å². The van der Waals surface area contributed by atoms with E-state index in [9.17, 15) is 9.90 Å². The third-order valence-corrected chi connectivity index (χ3v) is 6.54. The standard InChI is InChI=1S/C24H40O3S/c1-3-5-7-8-9-10-11-14-21-15-12-13-16-22(21)20-24(27,18-6-4-2)28-19-17-23(25)26/h12-13,15-16,27H,3-11,14,17-20H2,1-2H3,(H,25,26)/t24-/m0/s1. The molecule has 0 saturated carbocycles. The van der Waals surface area contributed by atoms with Crippen LogP contribution in [0.1, 0.15) is 95.6 Å². The zero-order valence-corrected chi connectivity index (χ0v) is 18.7. The van der Waals surface area contributed by atoms with E-state index in [0.717, 1.165) is 19.3 Å². The summed E-state index contributed by atoms with van der Waals surface area (Å²) in [5, 5.41) is 20.1. The third kappa shape index (κ3) is 11.1. The number of carboxylic acids is 1. The quantitative estimate of drug-likeness (QED) is 0.225. The van der Waals surface area contributed by atoms with Crippen molar-refractivity contribution in [2.45, 2.75) is 102 Å². The maximum Gasteiger partial charge on any atom is 0.304 e. The third-order valence-electron chi connectivity index (χ3n) is 5.24. The smallest absolute Gasteiger partial charge is 0.304 e. The Kier molecular flexibility index (Phi) is 13.3. The summed E-state index contributed by atoms with van der Waals surface area (Å²) in [6.45, 7) is 4.37. The first kappa shape index (κ1) is 25.0. The van der Waals surface area contributed by atoms with Crippen LogP contribution < -0.4 is 0 Å². The van der Waals surface area contributed by atoms with Gasteiger partial charge in [-0.1, -0.05) is 83.1 Å². The summed E-state index contributed by atoms with van der Waals surface area (Å²) in [4.78, 5) is 9.97. The number of carbonyl (C=O) groups is 1. The number of hydrogen-bond acceptors (Lipinski definition) is 3. The number of rotatable bonds is 17. The molecule has 0 aliphatic carbocycles. The maximum atomic E-state index is 11.2. The van der Waals surface area contributed by atoms with E-state index in [1.807, 2.05) is 6.07 Å². The Bertz CT molecular complexity index is 546. The molecule has 0 bridgehead atoms. The Morgan fingerprint density at radius 1 is 0.929 bits per heavy atom. The minimum Gasteiger partial charge on any atom is -0.481 e. The van der Waals surface area contributed by atoms with Crippen molar-refractivity contribution in [1.82, 2.24) is 0 Å². The van der Waals surface area contributed by atoms with Gasteiger partial charge in [0.1, 0.15) is 4.93 Å². The van der Waals surface area contributed by atoms with Gasteiger partial charge in [-0.3, -0.25) is 4.79 Å². The fourth-order valence-electron chi connectivity index (χ4n) is 3.54. The Hall–Kier alpha value is -1.00. The summed E-state index contributed by atoms with van der Waals surface area (Å²) in [5.41, 5.74) is 2.56. The molecule has 1 aromatic rings. The molecular weight excluding hydrogens is 368 g/mol. The fraction of sp³-hybridized carbons (Fsp3) is 0.708. The number of hydrogen-bond donors (Lipinski definition) is 2. The van der Waals surface area contributed by atoms with Crippen LogP contribution in [-0.4, -0.2) is 26.9 Å². The second kappa shape index (κ2) is 14.9. The molecule has 0 aromatic heterocycles. The Labute approximate surface area is 176 Å². The van der Waals surface area contributed by atoms with Gasteiger partial charge in [0.2, 0.25) is 0 Å². The van der Waals surface area contributed by atoms with Crippen molar-refractivity contribution in [2.75, 3.05) is 5.75 Å². The van der Waals surface area contributed by atoms with E-state index in [2.05, 4.69) is 32.0 Å². The molecule has 0 saturated heterocycles. The number of carboxylic acid groups (broad SMARTS) is 1. The molecule has 3 nitrogen and oxygen atoms in total. The van der Waals surface area contributed by atoms with Crippen molar-refractivity contribution in [2.24, 2.45) is 0 Å². The first-order chi connectivity index (χ1) is 13.5. The van der Waals surface area contributed by atoms with Crippen LogP contribution in [0.2, 0.25) is 0 Å². The molecule has 0 spiro atoms. The number of aryl methyl sites for hydroxylation is 1. The Morgan fingerprint density at radius 3 is 2.18 bits per heavy atom. The predicted molar refractivity (Wildman–Crippen MR) is 121 cm³/mol. The number of benzene rings is 1. The fourth-order valence-corrected chi connectivity index (χ4v) is 4.74. The van der Waals surface area contributed by atoms with Gasteiger partial charge in [0.05, 0.1) is 6.42 Å². The van der Waals surface area contributed by atoms with Crippen molar-refractivity contribution < 1.29 is 15.0 Å². The van der Waals surface area contributed by atoms with Crippen LogP contribution in [0.3, 0.4) is 0 Å². The topological polar surface area (TPSA) is 57.5 Å². The number of aliphatic hydroxyl groups is 1. The van der Waals surface area contributed by atoms with E-state index in [1.165, 1.54) is 67.8 Å². The van der Waals surface area contributed by atoms with Gasteiger partial charge in [-0.25, -0.2) is 0 Å². The second-order valence-electron chi connectivity index (χ2n) is 7.86. The van der Waals surface area contributed by atoms with Gasteiger partial charge in [0, 0.05) is 12.2 Å². The molecule has 1 atom stereocenters. The van der Waals surface area contributed by atoms with Crippen molar-refractivity contribution in [1.29, 1.82) is 0 Å². The zero-order valence-electron chi connectivity index (χ0n) is 17.9. The van der Waals surface area contributed by atoms with Gasteiger partial charge in [0.15, 0.2) is 0 Å². The molecule has 1 aromatic carbocycles. The first-order valence-corrected chi connectivity index (χ1v) is 12.1. The lowest BCUT2D eigenvalue weighted by Crippen LogP contribution is -2.28. The summed E-state index contributed by atoms with van der Waals surface area (Å²) in [6, 6.07) is 8.45. The molecule has 0 amide bonds. The molecule has 2 N–H and O–H groups in total. The summed E-state index contributed by atoms with van der Waals surface area (Å²) in [7, 11) is 0. The van der Waals surface area contributed by atoms with Gasteiger partial charge in [-0.05, 0) is 36.8 Å². The highest BCUT2D eigenvalue weighted by Crippen LogP contribution is 2.33. The van der Waals surface area contributed by atoms with Gasteiger partial charge in [-0.2, -0.15) is 0 Å². The molecular formula is C24H40O3S. The molecule has 0 heterocycles. The lowest BCUT2D eigenvalue weighted by Gasteiger charge is -2.28. The SMILES string of the molecule is CCCCCCCCCc1ccccc1C[C@](O)(CCCC)SCCC(=O)O. The predicted octanol–water partition coefficient (Wildman–Crippen LogP) is 6.61. The lowest BCUT2D eigenvalue weighted by atomic mass is 9.95. The van der Waals surface area contributed by atoms with Crippen LogP contribution in [0.15, 0.2) is 24.3 Å². The molecule has 160 valence electrons. The number of aliphatic carboxylic acids is 1. The first-order valence-electron chi connectivity index (χ1n) is 11.2. The molecule has 0 aliphatic heterocycles. The monoisotopic (exact) mass is 408 g/mol.